The van der Waals surface area contributed by atoms with E-state index in [2.05, 4.69) is 5.32 Å². The highest BCUT2D eigenvalue weighted by Crippen LogP contribution is 2.22. The fraction of sp³-hybridized carbons (Fsp3) is 0.0526. The predicted molar refractivity (Wildman–Crippen MR) is 92.1 cm³/mol. The van der Waals surface area contributed by atoms with Crippen molar-refractivity contribution in [1.82, 2.24) is 0 Å². The minimum Gasteiger partial charge on any atom is -0.381 e. The molecule has 3 nitrogen and oxygen atoms in total. The molecule has 3 aromatic rings. The molecule has 0 heterocycles. The summed E-state index contributed by atoms with van der Waals surface area (Å²) in [6.45, 7) is 0.700. The summed E-state index contributed by atoms with van der Waals surface area (Å²) in [5.41, 5.74) is 2.06. The molecular formula is C19H17NO2S. The van der Waals surface area contributed by atoms with Crippen LogP contribution < -0.4 is 5.32 Å². The summed E-state index contributed by atoms with van der Waals surface area (Å²) < 4.78 is 25.0. The van der Waals surface area contributed by atoms with E-state index in [1.54, 1.807) is 54.6 Å². The van der Waals surface area contributed by atoms with Gasteiger partial charge in [-0.3, -0.25) is 0 Å². The standard InChI is InChI=1S/C19H17NO2S/c21-23(22,18-9-5-2-6-10-18)19-13-11-17(12-14-19)20-15-16-7-3-1-4-8-16/h1-14,20H,15H2. The third kappa shape index (κ3) is 3.60. The summed E-state index contributed by atoms with van der Waals surface area (Å²) in [5.74, 6) is 0. The van der Waals surface area contributed by atoms with Gasteiger partial charge >= 0.3 is 0 Å². The maximum absolute atomic E-state index is 12.5. The van der Waals surface area contributed by atoms with E-state index in [9.17, 15) is 8.42 Å². The van der Waals surface area contributed by atoms with Gasteiger partial charge in [0.15, 0.2) is 0 Å². The second-order valence-corrected chi connectivity index (χ2v) is 7.13. The van der Waals surface area contributed by atoms with Crippen LogP contribution >= 0.6 is 0 Å². The van der Waals surface area contributed by atoms with Crippen molar-refractivity contribution in [2.45, 2.75) is 16.3 Å². The molecule has 0 aliphatic rings. The second kappa shape index (κ2) is 6.67. The molecule has 3 aromatic carbocycles. The molecule has 0 fully saturated rings. The van der Waals surface area contributed by atoms with Gasteiger partial charge in [0.2, 0.25) is 9.84 Å². The van der Waals surface area contributed by atoms with Crippen LogP contribution in [-0.4, -0.2) is 8.42 Å². The Morgan fingerprint density at radius 1 is 0.652 bits per heavy atom. The molecule has 0 aromatic heterocycles. The Labute approximate surface area is 136 Å². The fourth-order valence-electron chi connectivity index (χ4n) is 2.29. The molecule has 0 saturated carbocycles. The summed E-state index contributed by atoms with van der Waals surface area (Å²) in [7, 11) is -3.45. The van der Waals surface area contributed by atoms with E-state index < -0.39 is 9.84 Å². The number of sulfone groups is 1. The van der Waals surface area contributed by atoms with Crippen molar-refractivity contribution in [1.29, 1.82) is 0 Å². The van der Waals surface area contributed by atoms with Gasteiger partial charge in [-0.1, -0.05) is 48.5 Å². The van der Waals surface area contributed by atoms with Gasteiger partial charge in [0, 0.05) is 12.2 Å². The minimum absolute atomic E-state index is 0.300. The first-order chi connectivity index (χ1) is 11.2. The average Bonchev–Trinajstić information content (AvgIpc) is 2.62. The quantitative estimate of drug-likeness (QED) is 0.768. The van der Waals surface area contributed by atoms with E-state index in [1.807, 2.05) is 30.3 Å². The van der Waals surface area contributed by atoms with Gasteiger partial charge in [-0.2, -0.15) is 0 Å². The molecule has 23 heavy (non-hydrogen) atoms. The van der Waals surface area contributed by atoms with E-state index in [0.717, 1.165) is 5.69 Å². The molecule has 0 aliphatic carbocycles. The Hall–Kier alpha value is -2.59. The molecule has 0 saturated heterocycles. The molecular weight excluding hydrogens is 306 g/mol. The van der Waals surface area contributed by atoms with Crippen LogP contribution in [0.2, 0.25) is 0 Å². The molecule has 0 aliphatic heterocycles. The zero-order valence-corrected chi connectivity index (χ0v) is 13.3. The number of benzene rings is 3. The average molecular weight is 323 g/mol. The third-order valence-corrected chi connectivity index (χ3v) is 5.34. The van der Waals surface area contributed by atoms with E-state index in [-0.39, 0.29) is 0 Å². The lowest BCUT2D eigenvalue weighted by Crippen LogP contribution is -2.03. The molecule has 0 spiro atoms. The maximum atomic E-state index is 12.5. The largest absolute Gasteiger partial charge is 0.381 e. The number of hydrogen-bond acceptors (Lipinski definition) is 3. The van der Waals surface area contributed by atoms with E-state index in [0.29, 0.717) is 16.3 Å². The highest BCUT2D eigenvalue weighted by molar-refractivity contribution is 7.91. The number of hydrogen-bond donors (Lipinski definition) is 1. The highest BCUT2D eigenvalue weighted by atomic mass is 32.2. The Morgan fingerprint density at radius 2 is 1.17 bits per heavy atom. The number of anilines is 1. The minimum atomic E-state index is -3.45. The molecule has 1 N–H and O–H groups in total. The van der Waals surface area contributed by atoms with Crippen molar-refractivity contribution >= 4 is 15.5 Å². The monoisotopic (exact) mass is 323 g/mol. The zero-order chi connectivity index (χ0) is 16.1. The summed E-state index contributed by atoms with van der Waals surface area (Å²) in [4.78, 5) is 0.610. The maximum Gasteiger partial charge on any atom is 0.206 e. The van der Waals surface area contributed by atoms with Crippen molar-refractivity contribution in [3.63, 3.8) is 0 Å². The first-order valence-electron chi connectivity index (χ1n) is 7.34. The molecule has 0 bridgehead atoms. The van der Waals surface area contributed by atoms with Crippen LogP contribution in [-0.2, 0) is 16.4 Å². The Bertz CT molecular complexity index is 858. The smallest absolute Gasteiger partial charge is 0.206 e. The topological polar surface area (TPSA) is 46.2 Å². The van der Waals surface area contributed by atoms with Crippen molar-refractivity contribution in [2.75, 3.05) is 5.32 Å². The molecule has 0 amide bonds. The van der Waals surface area contributed by atoms with Gasteiger partial charge in [-0.25, -0.2) is 8.42 Å². The highest BCUT2D eigenvalue weighted by Gasteiger charge is 2.16. The van der Waals surface area contributed by atoms with Gasteiger partial charge in [0.05, 0.1) is 9.79 Å². The van der Waals surface area contributed by atoms with Crippen LogP contribution in [0, 0.1) is 0 Å². The fourth-order valence-corrected chi connectivity index (χ4v) is 3.57. The SMILES string of the molecule is O=S(=O)(c1ccccc1)c1ccc(NCc2ccccc2)cc1. The summed E-state index contributed by atoms with van der Waals surface area (Å²) >= 11 is 0. The van der Waals surface area contributed by atoms with E-state index in [1.165, 1.54) is 5.56 Å². The van der Waals surface area contributed by atoms with E-state index in [4.69, 9.17) is 0 Å². The first-order valence-corrected chi connectivity index (χ1v) is 8.82. The molecule has 0 atom stereocenters. The first kappa shape index (κ1) is 15.3. The molecule has 4 heteroatoms. The van der Waals surface area contributed by atoms with Crippen molar-refractivity contribution < 1.29 is 8.42 Å². The van der Waals surface area contributed by atoms with Gasteiger partial charge in [-0.05, 0) is 42.0 Å². The summed E-state index contributed by atoms with van der Waals surface area (Å²) in [6, 6.07) is 25.4. The third-order valence-electron chi connectivity index (χ3n) is 3.56. The normalized spacial score (nSPS) is 11.1. The van der Waals surface area contributed by atoms with Crippen molar-refractivity contribution in [3.05, 3.63) is 90.5 Å². The van der Waals surface area contributed by atoms with Crippen molar-refractivity contribution in [2.24, 2.45) is 0 Å². The molecule has 0 radical (unpaired) electrons. The van der Waals surface area contributed by atoms with Crippen LogP contribution in [0.1, 0.15) is 5.56 Å². The van der Waals surface area contributed by atoms with Crippen LogP contribution in [0.25, 0.3) is 0 Å². The second-order valence-electron chi connectivity index (χ2n) is 5.18. The molecule has 3 rings (SSSR count). The van der Waals surface area contributed by atoms with Gasteiger partial charge in [0.25, 0.3) is 0 Å². The lowest BCUT2D eigenvalue weighted by atomic mass is 10.2. The Kier molecular flexibility index (Phi) is 4.44. The Morgan fingerprint density at radius 3 is 1.78 bits per heavy atom. The summed E-state index contributed by atoms with van der Waals surface area (Å²) in [6.07, 6.45) is 0. The lowest BCUT2D eigenvalue weighted by Gasteiger charge is -2.08. The number of nitrogens with one attached hydrogen (secondary N) is 1. The van der Waals surface area contributed by atoms with Crippen LogP contribution in [0.4, 0.5) is 5.69 Å². The van der Waals surface area contributed by atoms with E-state index >= 15 is 0 Å². The Balaban J connectivity index is 1.75. The zero-order valence-electron chi connectivity index (χ0n) is 12.5. The van der Waals surface area contributed by atoms with Gasteiger partial charge in [0.1, 0.15) is 0 Å². The van der Waals surface area contributed by atoms with Gasteiger partial charge < -0.3 is 5.32 Å². The molecule has 0 unspecified atom stereocenters. The molecule has 116 valence electrons. The predicted octanol–water partition coefficient (Wildman–Crippen LogP) is 4.13. The van der Waals surface area contributed by atoms with Crippen LogP contribution in [0.5, 0.6) is 0 Å². The van der Waals surface area contributed by atoms with Gasteiger partial charge in [-0.15, -0.1) is 0 Å². The van der Waals surface area contributed by atoms with Crippen LogP contribution in [0.15, 0.2) is 94.7 Å². The summed E-state index contributed by atoms with van der Waals surface area (Å²) in [5, 5.41) is 3.28. The van der Waals surface area contributed by atoms with Crippen molar-refractivity contribution in [3.8, 4) is 0 Å². The van der Waals surface area contributed by atoms with Crippen LogP contribution in [0.3, 0.4) is 0 Å². The number of rotatable bonds is 5. The lowest BCUT2D eigenvalue weighted by molar-refractivity contribution is 0.596.